The molecule has 4 heterocycles. The molecule has 0 spiro atoms. The van der Waals surface area contributed by atoms with E-state index in [1.807, 2.05) is 4.68 Å². The van der Waals surface area contributed by atoms with Gasteiger partial charge >= 0.3 is 0 Å². The third-order valence-corrected chi connectivity index (χ3v) is 7.81. The lowest BCUT2D eigenvalue weighted by Crippen LogP contribution is -2.55. The second kappa shape index (κ2) is 9.96. The second-order valence-electron chi connectivity index (χ2n) is 9.98. The van der Waals surface area contributed by atoms with Crippen LogP contribution in [0.3, 0.4) is 0 Å². The van der Waals surface area contributed by atoms with Gasteiger partial charge in [0.2, 0.25) is 0 Å². The fraction of sp³-hybridized carbons (Fsp3) is 0.615. The van der Waals surface area contributed by atoms with Crippen molar-refractivity contribution < 1.29 is 9.53 Å². The first-order chi connectivity index (χ1) is 16.6. The van der Waals surface area contributed by atoms with Crippen LogP contribution in [-0.4, -0.2) is 66.0 Å². The third kappa shape index (κ3) is 4.53. The van der Waals surface area contributed by atoms with Gasteiger partial charge < -0.3 is 20.4 Å². The summed E-state index contributed by atoms with van der Waals surface area (Å²) < 4.78 is 7.48. The van der Waals surface area contributed by atoms with Crippen molar-refractivity contribution in [3.8, 4) is 0 Å². The molecule has 34 heavy (non-hydrogen) atoms. The van der Waals surface area contributed by atoms with Crippen LogP contribution in [0.5, 0.6) is 0 Å². The average Bonchev–Trinajstić information content (AvgIpc) is 3.45. The number of nitrogens with zero attached hydrogens (tertiary/aromatic N) is 4. The number of aromatic nitrogens is 2. The SMILES string of the molecule is CCN(CC)c1ccc(CN2CC(C)C(C3NC(=O)c4cnc(C5CCOCC5)n4N3)C2)cc1. The van der Waals surface area contributed by atoms with Gasteiger partial charge in [-0.2, -0.15) is 0 Å². The molecule has 5 rings (SSSR count). The Kier molecular flexibility index (Phi) is 6.79. The molecular weight excluding hydrogens is 428 g/mol. The lowest BCUT2D eigenvalue weighted by molar-refractivity contribution is 0.0818. The predicted molar refractivity (Wildman–Crippen MR) is 134 cm³/mol. The van der Waals surface area contributed by atoms with Crippen LogP contribution in [-0.2, 0) is 11.3 Å². The van der Waals surface area contributed by atoms with E-state index >= 15 is 0 Å². The maximum atomic E-state index is 12.9. The molecular formula is C26H38N6O2. The van der Waals surface area contributed by atoms with Crippen LogP contribution in [0.15, 0.2) is 30.5 Å². The van der Waals surface area contributed by atoms with E-state index in [0.717, 1.165) is 64.6 Å². The number of nitrogens with one attached hydrogen (secondary N) is 2. The Labute approximate surface area is 202 Å². The van der Waals surface area contributed by atoms with E-state index in [9.17, 15) is 4.79 Å². The number of ether oxygens (including phenoxy) is 1. The highest BCUT2D eigenvalue weighted by Gasteiger charge is 2.40. The lowest BCUT2D eigenvalue weighted by atomic mass is 9.94. The minimum Gasteiger partial charge on any atom is -0.381 e. The topological polar surface area (TPSA) is 74.7 Å². The van der Waals surface area contributed by atoms with Gasteiger partial charge in [0.05, 0.1) is 6.20 Å². The molecule has 3 aliphatic heterocycles. The van der Waals surface area contributed by atoms with Gasteiger partial charge in [-0.3, -0.25) is 9.69 Å². The quantitative estimate of drug-likeness (QED) is 0.654. The van der Waals surface area contributed by atoms with E-state index in [0.29, 0.717) is 23.4 Å². The molecule has 3 aliphatic rings. The van der Waals surface area contributed by atoms with E-state index in [1.54, 1.807) is 6.20 Å². The van der Waals surface area contributed by atoms with Gasteiger partial charge in [-0.1, -0.05) is 19.1 Å². The van der Waals surface area contributed by atoms with Crippen LogP contribution in [0.2, 0.25) is 0 Å². The first-order valence-electron chi connectivity index (χ1n) is 12.9. The van der Waals surface area contributed by atoms with Gasteiger partial charge in [-0.05, 0) is 50.3 Å². The Morgan fingerprint density at radius 3 is 2.56 bits per heavy atom. The normalized spacial score (nSPS) is 25.6. The second-order valence-corrected chi connectivity index (χ2v) is 9.98. The third-order valence-electron chi connectivity index (χ3n) is 7.81. The number of anilines is 1. The van der Waals surface area contributed by atoms with E-state index in [1.165, 1.54) is 11.3 Å². The van der Waals surface area contributed by atoms with Crippen molar-refractivity contribution in [2.24, 2.45) is 11.8 Å². The Morgan fingerprint density at radius 2 is 1.85 bits per heavy atom. The summed E-state index contributed by atoms with van der Waals surface area (Å²) in [5.41, 5.74) is 6.84. The molecule has 8 heteroatoms. The predicted octanol–water partition coefficient (Wildman–Crippen LogP) is 3.00. The molecule has 0 saturated carbocycles. The minimum atomic E-state index is -0.0992. The molecule has 3 unspecified atom stereocenters. The number of hydrogen-bond donors (Lipinski definition) is 2. The van der Waals surface area contributed by atoms with Gasteiger partial charge in [0.15, 0.2) is 0 Å². The summed E-state index contributed by atoms with van der Waals surface area (Å²) in [5, 5.41) is 3.21. The Bertz CT molecular complexity index is 980. The molecule has 2 saturated heterocycles. The van der Waals surface area contributed by atoms with Crippen molar-refractivity contribution in [1.82, 2.24) is 19.9 Å². The smallest absolute Gasteiger partial charge is 0.273 e. The minimum absolute atomic E-state index is 0.0350. The maximum Gasteiger partial charge on any atom is 0.273 e. The van der Waals surface area contributed by atoms with Gasteiger partial charge in [-0.25, -0.2) is 9.66 Å². The molecule has 1 amide bonds. The van der Waals surface area contributed by atoms with E-state index < -0.39 is 0 Å². The zero-order chi connectivity index (χ0) is 23.7. The molecule has 184 valence electrons. The first kappa shape index (κ1) is 23.2. The average molecular weight is 467 g/mol. The number of likely N-dealkylation sites (tertiary alicyclic amines) is 1. The van der Waals surface area contributed by atoms with Crippen LogP contribution < -0.4 is 15.6 Å². The van der Waals surface area contributed by atoms with Gasteiger partial charge in [-0.15, -0.1) is 0 Å². The lowest BCUT2D eigenvalue weighted by Gasteiger charge is -2.35. The molecule has 1 aromatic carbocycles. The van der Waals surface area contributed by atoms with E-state index in [4.69, 9.17) is 4.74 Å². The van der Waals surface area contributed by atoms with Crippen molar-refractivity contribution >= 4 is 11.6 Å². The van der Waals surface area contributed by atoms with Crippen LogP contribution in [0.25, 0.3) is 0 Å². The number of carbonyl (C=O) groups excluding carboxylic acids is 1. The number of amides is 1. The molecule has 0 bridgehead atoms. The van der Waals surface area contributed by atoms with Gasteiger partial charge in [0.1, 0.15) is 17.7 Å². The number of rotatable bonds is 7. The van der Waals surface area contributed by atoms with Gasteiger partial charge in [0, 0.05) is 63.5 Å². The van der Waals surface area contributed by atoms with Crippen LogP contribution in [0.4, 0.5) is 5.69 Å². The van der Waals surface area contributed by atoms with E-state index in [2.05, 4.69) is 70.6 Å². The number of carbonyl (C=O) groups is 1. The Balaban J connectivity index is 1.25. The molecule has 2 fully saturated rings. The fourth-order valence-electron chi connectivity index (χ4n) is 5.81. The highest BCUT2D eigenvalue weighted by Crippen LogP contribution is 2.31. The summed E-state index contributed by atoms with van der Waals surface area (Å²) in [7, 11) is 0. The largest absolute Gasteiger partial charge is 0.381 e. The fourth-order valence-corrected chi connectivity index (χ4v) is 5.81. The monoisotopic (exact) mass is 466 g/mol. The highest BCUT2D eigenvalue weighted by atomic mass is 16.5. The van der Waals surface area contributed by atoms with Crippen molar-refractivity contribution in [1.29, 1.82) is 0 Å². The number of benzene rings is 1. The zero-order valence-corrected chi connectivity index (χ0v) is 20.7. The van der Waals surface area contributed by atoms with Crippen LogP contribution in [0.1, 0.15) is 61.4 Å². The molecule has 2 aromatic rings. The first-order valence-corrected chi connectivity index (χ1v) is 12.9. The van der Waals surface area contributed by atoms with Crippen LogP contribution >= 0.6 is 0 Å². The maximum absolute atomic E-state index is 12.9. The summed E-state index contributed by atoms with van der Waals surface area (Å²) in [4.78, 5) is 22.4. The zero-order valence-electron chi connectivity index (χ0n) is 20.7. The van der Waals surface area contributed by atoms with Crippen molar-refractivity contribution in [2.45, 2.75) is 52.2 Å². The number of hydrogen-bond acceptors (Lipinski definition) is 6. The van der Waals surface area contributed by atoms with Crippen molar-refractivity contribution in [3.63, 3.8) is 0 Å². The Morgan fingerprint density at radius 1 is 1.12 bits per heavy atom. The van der Waals surface area contributed by atoms with E-state index in [-0.39, 0.29) is 12.1 Å². The molecule has 0 aliphatic carbocycles. The summed E-state index contributed by atoms with van der Waals surface area (Å²) in [6.07, 6.45) is 3.50. The van der Waals surface area contributed by atoms with Crippen LogP contribution in [0, 0.1) is 11.8 Å². The summed E-state index contributed by atoms with van der Waals surface area (Å²) in [5.74, 6) is 2.07. The molecule has 0 radical (unpaired) electrons. The summed E-state index contributed by atoms with van der Waals surface area (Å²) >= 11 is 0. The van der Waals surface area contributed by atoms with Crippen molar-refractivity contribution in [3.05, 3.63) is 47.5 Å². The molecule has 8 nitrogen and oxygen atoms in total. The summed E-state index contributed by atoms with van der Waals surface area (Å²) in [6, 6.07) is 8.98. The number of imidazole rings is 1. The summed E-state index contributed by atoms with van der Waals surface area (Å²) in [6.45, 7) is 13.2. The highest BCUT2D eigenvalue weighted by molar-refractivity contribution is 5.93. The molecule has 1 aromatic heterocycles. The van der Waals surface area contributed by atoms with Gasteiger partial charge in [0.25, 0.3) is 5.91 Å². The molecule has 3 atom stereocenters. The Hall–Kier alpha value is -2.58. The number of fused-ring (bicyclic) bond motifs is 1. The molecule has 2 N–H and O–H groups in total. The van der Waals surface area contributed by atoms with Crippen molar-refractivity contribution in [2.75, 3.05) is 49.7 Å². The standard InChI is InChI=1S/C26H38N6O2/c1-4-31(5-2)21-8-6-19(7-9-21)16-30-15-18(3)22(17-30)24-28-26(33)23-14-27-25(32(23)29-24)20-10-12-34-13-11-20/h6-9,14,18,20,22,24,29H,4-5,10-13,15-17H2,1-3H3,(H,28,33).